The van der Waals surface area contributed by atoms with Gasteiger partial charge < -0.3 is 9.32 Å². The van der Waals surface area contributed by atoms with E-state index >= 15 is 0 Å². The highest BCUT2D eigenvalue weighted by molar-refractivity contribution is 6.31. The highest BCUT2D eigenvalue weighted by Crippen LogP contribution is 2.48. The van der Waals surface area contributed by atoms with E-state index in [2.05, 4.69) is 17.1 Å². The first-order valence-electron chi connectivity index (χ1n) is 10.5. The summed E-state index contributed by atoms with van der Waals surface area (Å²) in [6.45, 7) is 2.77. The molecule has 0 aliphatic heterocycles. The predicted molar refractivity (Wildman–Crippen MR) is 122 cm³/mol. The Morgan fingerprint density at radius 1 is 1.06 bits per heavy atom. The Morgan fingerprint density at radius 3 is 2.65 bits per heavy atom. The number of oxazole rings is 1. The van der Waals surface area contributed by atoms with Gasteiger partial charge in [-0.15, -0.1) is 0 Å². The molecule has 0 radical (unpaired) electrons. The number of rotatable bonds is 6. The summed E-state index contributed by atoms with van der Waals surface area (Å²) in [7, 11) is 0. The maximum atomic E-state index is 13.5. The Balaban J connectivity index is 1.41. The van der Waals surface area contributed by atoms with Gasteiger partial charge in [0, 0.05) is 17.5 Å². The van der Waals surface area contributed by atoms with Gasteiger partial charge >= 0.3 is 0 Å². The Labute approximate surface area is 186 Å². The lowest BCUT2D eigenvalue weighted by atomic mass is 10.1. The molecule has 5 heteroatoms. The number of aromatic nitrogens is 1. The summed E-state index contributed by atoms with van der Waals surface area (Å²) in [6, 6.07) is 23.8. The molecule has 1 heterocycles. The topological polar surface area (TPSA) is 46.3 Å². The number of halogens is 1. The molecule has 1 aliphatic rings. The van der Waals surface area contributed by atoms with E-state index in [1.165, 1.54) is 5.56 Å². The van der Waals surface area contributed by atoms with E-state index in [9.17, 15) is 4.79 Å². The van der Waals surface area contributed by atoms with Crippen LogP contribution in [-0.4, -0.2) is 15.8 Å². The third kappa shape index (κ3) is 4.21. The molecule has 0 N–H and O–H groups in total. The van der Waals surface area contributed by atoms with Crippen molar-refractivity contribution in [3.63, 3.8) is 0 Å². The first-order valence-corrected chi connectivity index (χ1v) is 10.9. The number of carbonyl (C=O) groups excluding carboxylic acids is 1. The number of hydrogen-bond donors (Lipinski definition) is 0. The van der Waals surface area contributed by atoms with Crippen molar-refractivity contribution in [2.75, 3.05) is 0 Å². The van der Waals surface area contributed by atoms with Crippen molar-refractivity contribution < 1.29 is 9.21 Å². The first-order chi connectivity index (χ1) is 15.1. The van der Waals surface area contributed by atoms with Crippen LogP contribution in [0.15, 0.2) is 77.2 Å². The molecular weight excluding hydrogens is 408 g/mol. The number of nitrogens with zero attached hydrogens (tertiary/aromatic N) is 2. The standard InChI is InChI=1S/C26H23ClN2O2/c1-17-11-12-24-23(13-17)28-25(31-24)16-29(15-19-9-5-6-10-22(19)27)26(30)21-14-20(21)18-7-3-2-4-8-18/h2-13,20-21H,14-16H2,1H3/t20-,21?/m1/s1. The molecule has 1 saturated carbocycles. The van der Waals surface area contributed by atoms with E-state index < -0.39 is 0 Å². The fourth-order valence-corrected chi connectivity index (χ4v) is 4.33. The predicted octanol–water partition coefficient (Wildman–Crippen LogP) is 6.12. The molecule has 0 bridgehead atoms. The van der Waals surface area contributed by atoms with Crippen LogP contribution >= 0.6 is 11.6 Å². The Bertz CT molecular complexity index is 1230. The van der Waals surface area contributed by atoms with Gasteiger partial charge in [-0.2, -0.15) is 0 Å². The second-order valence-electron chi connectivity index (χ2n) is 8.22. The number of hydrogen-bond acceptors (Lipinski definition) is 3. The molecule has 0 saturated heterocycles. The van der Waals surface area contributed by atoms with Crippen LogP contribution in [0.2, 0.25) is 5.02 Å². The van der Waals surface area contributed by atoms with Crippen molar-refractivity contribution in [2.24, 2.45) is 5.92 Å². The molecule has 1 unspecified atom stereocenters. The van der Waals surface area contributed by atoms with Crippen molar-refractivity contribution in [2.45, 2.75) is 32.4 Å². The van der Waals surface area contributed by atoms with E-state index in [0.717, 1.165) is 28.6 Å². The van der Waals surface area contributed by atoms with Crippen LogP contribution in [0, 0.1) is 12.8 Å². The SMILES string of the molecule is Cc1ccc2oc(CN(Cc3ccccc3Cl)C(=O)C3C[C@@H]3c3ccccc3)nc2c1. The van der Waals surface area contributed by atoms with Crippen LogP contribution in [0.3, 0.4) is 0 Å². The summed E-state index contributed by atoms with van der Waals surface area (Å²) < 4.78 is 5.95. The number of carbonyl (C=O) groups is 1. The molecular formula is C26H23ClN2O2. The van der Waals surface area contributed by atoms with Gasteiger partial charge in [0.25, 0.3) is 0 Å². The molecule has 2 atom stereocenters. The molecule has 4 nitrogen and oxygen atoms in total. The van der Waals surface area contributed by atoms with E-state index in [0.29, 0.717) is 24.0 Å². The largest absolute Gasteiger partial charge is 0.439 e. The molecule has 31 heavy (non-hydrogen) atoms. The third-order valence-electron chi connectivity index (χ3n) is 5.88. The fraction of sp³-hybridized carbons (Fsp3) is 0.231. The highest BCUT2D eigenvalue weighted by atomic mass is 35.5. The Hall–Kier alpha value is -3.11. The fourth-order valence-electron chi connectivity index (χ4n) is 4.13. The average Bonchev–Trinajstić information content (AvgIpc) is 3.48. The molecule has 3 aromatic carbocycles. The maximum absolute atomic E-state index is 13.5. The van der Waals surface area contributed by atoms with Gasteiger partial charge in [-0.25, -0.2) is 4.98 Å². The second-order valence-corrected chi connectivity index (χ2v) is 8.63. The smallest absolute Gasteiger partial charge is 0.227 e. The lowest BCUT2D eigenvalue weighted by molar-refractivity contribution is -0.134. The zero-order valence-corrected chi connectivity index (χ0v) is 18.0. The van der Waals surface area contributed by atoms with Gasteiger partial charge in [0.05, 0.1) is 6.54 Å². The number of aryl methyl sites for hydroxylation is 1. The number of fused-ring (bicyclic) bond motifs is 1. The van der Waals surface area contributed by atoms with Gasteiger partial charge in [-0.05, 0) is 54.2 Å². The van der Waals surface area contributed by atoms with Gasteiger partial charge in [-0.1, -0.05) is 66.2 Å². The van der Waals surface area contributed by atoms with Crippen molar-refractivity contribution >= 4 is 28.6 Å². The summed E-state index contributed by atoms with van der Waals surface area (Å²) in [4.78, 5) is 19.9. The Kier molecular flexibility index (Phi) is 5.24. The molecule has 1 fully saturated rings. The third-order valence-corrected chi connectivity index (χ3v) is 6.25. The summed E-state index contributed by atoms with van der Waals surface area (Å²) in [5.74, 6) is 0.912. The van der Waals surface area contributed by atoms with Crippen LogP contribution < -0.4 is 0 Å². The van der Waals surface area contributed by atoms with Gasteiger partial charge in [0.1, 0.15) is 5.52 Å². The van der Waals surface area contributed by atoms with Gasteiger partial charge in [0.2, 0.25) is 11.8 Å². The maximum Gasteiger partial charge on any atom is 0.227 e. The lowest BCUT2D eigenvalue weighted by Crippen LogP contribution is -2.32. The normalized spacial score (nSPS) is 17.6. The van der Waals surface area contributed by atoms with E-state index in [1.54, 1.807) is 0 Å². The average molecular weight is 431 g/mol. The molecule has 4 aromatic rings. The second kappa shape index (κ2) is 8.20. The summed E-state index contributed by atoms with van der Waals surface area (Å²) in [5.41, 5.74) is 4.81. The number of benzene rings is 3. The summed E-state index contributed by atoms with van der Waals surface area (Å²) in [5, 5.41) is 0.656. The van der Waals surface area contributed by atoms with Crippen LogP contribution in [0.4, 0.5) is 0 Å². The summed E-state index contributed by atoms with van der Waals surface area (Å²) >= 11 is 6.40. The molecule has 1 aromatic heterocycles. The summed E-state index contributed by atoms with van der Waals surface area (Å²) in [6.07, 6.45) is 0.870. The van der Waals surface area contributed by atoms with Crippen LogP contribution in [0.5, 0.6) is 0 Å². The van der Waals surface area contributed by atoms with E-state index in [1.807, 2.05) is 72.5 Å². The molecule has 1 amide bonds. The monoisotopic (exact) mass is 430 g/mol. The van der Waals surface area contributed by atoms with Crippen molar-refractivity contribution in [3.05, 3.63) is 100 Å². The Morgan fingerprint density at radius 2 is 1.84 bits per heavy atom. The van der Waals surface area contributed by atoms with E-state index in [4.69, 9.17) is 16.0 Å². The van der Waals surface area contributed by atoms with Crippen LogP contribution in [0.25, 0.3) is 11.1 Å². The zero-order chi connectivity index (χ0) is 21.4. The highest BCUT2D eigenvalue weighted by Gasteiger charge is 2.45. The lowest BCUT2D eigenvalue weighted by Gasteiger charge is -2.22. The zero-order valence-electron chi connectivity index (χ0n) is 17.3. The first kappa shape index (κ1) is 19.8. The van der Waals surface area contributed by atoms with Crippen molar-refractivity contribution in [1.29, 1.82) is 0 Å². The quantitative estimate of drug-likeness (QED) is 0.370. The molecule has 1 aliphatic carbocycles. The van der Waals surface area contributed by atoms with Crippen molar-refractivity contribution in [3.8, 4) is 0 Å². The molecule has 5 rings (SSSR count). The van der Waals surface area contributed by atoms with Crippen molar-refractivity contribution in [1.82, 2.24) is 9.88 Å². The minimum Gasteiger partial charge on any atom is -0.439 e. The molecule has 0 spiro atoms. The van der Waals surface area contributed by atoms with E-state index in [-0.39, 0.29) is 17.7 Å². The number of amides is 1. The van der Waals surface area contributed by atoms with Crippen LogP contribution in [0.1, 0.15) is 34.9 Å². The molecule has 156 valence electrons. The minimum atomic E-state index is -0.0171. The minimum absolute atomic E-state index is 0.0171. The van der Waals surface area contributed by atoms with Gasteiger partial charge in [-0.3, -0.25) is 4.79 Å². The van der Waals surface area contributed by atoms with Gasteiger partial charge in [0.15, 0.2) is 5.58 Å². The van der Waals surface area contributed by atoms with Crippen LogP contribution in [-0.2, 0) is 17.9 Å².